The molecule has 1 atom stereocenters. The number of nitrogens with one attached hydrogen (secondary N) is 4. The van der Waals surface area contributed by atoms with E-state index in [-0.39, 0.29) is 65.3 Å². The molecule has 6 aromatic rings. The number of carbonyl (C=O) groups excluding carboxylic acids is 2. The molecule has 19 heteroatoms. The zero-order chi connectivity index (χ0) is 48.5. The number of anilines is 3. The molecule has 19 nitrogen and oxygen atoms in total. The molecule has 2 aromatic carbocycles. The lowest BCUT2D eigenvalue weighted by Crippen LogP contribution is -2.43. The van der Waals surface area contributed by atoms with Gasteiger partial charge in [0, 0.05) is 54.6 Å². The number of aliphatic carboxylic acids is 1. The highest BCUT2D eigenvalue weighted by atomic mass is 16.5. The summed E-state index contributed by atoms with van der Waals surface area (Å²) in [6.45, 7) is 17.3. The van der Waals surface area contributed by atoms with Crippen LogP contribution in [-0.4, -0.2) is 95.4 Å². The van der Waals surface area contributed by atoms with E-state index in [0.717, 1.165) is 47.0 Å². The number of aryl methyl sites for hydroxylation is 1. The highest BCUT2D eigenvalue weighted by Gasteiger charge is 2.28. The highest BCUT2D eigenvalue weighted by molar-refractivity contribution is 6.06. The van der Waals surface area contributed by atoms with Gasteiger partial charge in [-0.05, 0) is 68.9 Å². The van der Waals surface area contributed by atoms with Crippen LogP contribution in [0.4, 0.5) is 17.5 Å². The molecule has 4 heterocycles. The number of rotatable bonds is 24. The average molecular weight is 921 g/mol. The van der Waals surface area contributed by atoms with E-state index in [0.29, 0.717) is 50.0 Å². The summed E-state index contributed by atoms with van der Waals surface area (Å²) in [5.74, 6) is -0.828. The first-order chi connectivity index (χ1) is 31.7. The van der Waals surface area contributed by atoms with E-state index >= 15 is 0 Å². The summed E-state index contributed by atoms with van der Waals surface area (Å²) in [4.78, 5) is 74.5. The van der Waals surface area contributed by atoms with Crippen molar-refractivity contribution in [3.8, 4) is 0 Å². The van der Waals surface area contributed by atoms with E-state index in [2.05, 4.69) is 86.1 Å². The average Bonchev–Trinajstić information content (AvgIpc) is 3.63. The molecule has 2 amide bonds. The molecule has 0 spiro atoms. The summed E-state index contributed by atoms with van der Waals surface area (Å²) in [7, 11) is 0. The standard InChI is InChI=1S/C48H64N12O7/c1-8-9-14-35-57-37-39(32-12-10-11-13-33(32)55-40(37)49)60(35)26-47(4,5)28-66-27-46(2,3)21-22-67-48(6,7)25-53-36(61)20-19-34(44(64)65)56-42(62)29-15-17-30(18-16-29)51-23-31-24-52-41-38(54-31)43(63)59-45(50)58-41/h10-13,15-18,24,34,51H,8-9,14,19-23,25-28H2,1-7H3,(H2,49,55)(H,53,61)(H,56,62)(H,64,65)(H3,50,52,58,59,63). The molecule has 0 saturated carbocycles. The van der Waals surface area contributed by atoms with Crippen LogP contribution in [0.25, 0.3) is 33.1 Å². The molecule has 1 unspecified atom stereocenters. The van der Waals surface area contributed by atoms with E-state index in [9.17, 15) is 24.3 Å². The third-order valence-corrected chi connectivity index (χ3v) is 11.4. The third kappa shape index (κ3) is 13.4. The Morgan fingerprint density at radius 3 is 2.39 bits per heavy atom. The molecular formula is C48H64N12O7. The Hall–Kier alpha value is -6.73. The molecule has 0 saturated heterocycles. The quantitative estimate of drug-likeness (QED) is 0.0380. The lowest BCUT2D eigenvalue weighted by atomic mass is 9.90. The van der Waals surface area contributed by atoms with Crippen LogP contribution in [0.1, 0.15) is 102 Å². The van der Waals surface area contributed by atoms with Gasteiger partial charge < -0.3 is 46.6 Å². The molecule has 0 aliphatic rings. The van der Waals surface area contributed by atoms with Crippen molar-refractivity contribution in [2.24, 2.45) is 10.8 Å². The Balaban J connectivity index is 0.910. The van der Waals surface area contributed by atoms with Gasteiger partial charge in [0.25, 0.3) is 11.5 Å². The molecule has 9 N–H and O–H groups in total. The number of fused-ring (bicyclic) bond motifs is 4. The van der Waals surface area contributed by atoms with Gasteiger partial charge in [-0.25, -0.2) is 24.7 Å². The molecule has 0 radical (unpaired) electrons. The number of imidazole rings is 1. The molecule has 358 valence electrons. The smallest absolute Gasteiger partial charge is 0.326 e. The van der Waals surface area contributed by atoms with Gasteiger partial charge in [-0.3, -0.25) is 19.4 Å². The number of aromatic amines is 1. The topological polar surface area (TPSA) is 280 Å². The number of carboxylic acid groups (broad SMARTS) is 1. The number of carbonyl (C=O) groups is 3. The van der Waals surface area contributed by atoms with Gasteiger partial charge in [0.05, 0.1) is 48.3 Å². The van der Waals surface area contributed by atoms with Crippen molar-refractivity contribution in [3.05, 3.63) is 82.2 Å². The van der Waals surface area contributed by atoms with Gasteiger partial charge in [-0.2, -0.15) is 4.98 Å². The number of nitrogens with zero attached hydrogens (tertiary/aromatic N) is 6. The molecule has 0 bridgehead atoms. The van der Waals surface area contributed by atoms with Gasteiger partial charge in [0.2, 0.25) is 11.9 Å². The Labute approximate surface area is 389 Å². The fourth-order valence-corrected chi connectivity index (χ4v) is 7.57. The van der Waals surface area contributed by atoms with Crippen LogP contribution in [0.5, 0.6) is 0 Å². The number of carboxylic acids is 1. The lowest BCUT2D eigenvalue weighted by molar-refractivity contribution is -0.139. The molecule has 6 rings (SSSR count). The van der Waals surface area contributed by atoms with Gasteiger partial charge in [0.15, 0.2) is 17.0 Å². The zero-order valence-electron chi connectivity index (χ0n) is 39.5. The van der Waals surface area contributed by atoms with Crippen molar-refractivity contribution in [1.29, 1.82) is 0 Å². The minimum absolute atomic E-state index is 0.0539. The number of aromatic nitrogens is 7. The molecular weight excluding hydrogens is 857 g/mol. The van der Waals surface area contributed by atoms with E-state index in [1.165, 1.54) is 18.3 Å². The van der Waals surface area contributed by atoms with Gasteiger partial charge in [0.1, 0.15) is 17.4 Å². The minimum Gasteiger partial charge on any atom is -0.480 e. The lowest BCUT2D eigenvalue weighted by Gasteiger charge is -2.31. The maximum Gasteiger partial charge on any atom is 0.326 e. The third-order valence-electron chi connectivity index (χ3n) is 11.4. The predicted octanol–water partition coefficient (Wildman–Crippen LogP) is 5.76. The number of nitrogens with two attached hydrogens (primary N) is 2. The first-order valence-electron chi connectivity index (χ1n) is 22.6. The van der Waals surface area contributed by atoms with Crippen LogP contribution in [0, 0.1) is 10.8 Å². The van der Waals surface area contributed by atoms with Crippen LogP contribution < -0.4 is 33.0 Å². The number of hydrogen-bond acceptors (Lipinski definition) is 14. The van der Waals surface area contributed by atoms with E-state index in [1.54, 1.807) is 12.1 Å². The van der Waals surface area contributed by atoms with Crippen molar-refractivity contribution < 1.29 is 29.0 Å². The number of H-pyrrole nitrogens is 1. The largest absolute Gasteiger partial charge is 0.480 e. The first-order valence-corrected chi connectivity index (χ1v) is 22.6. The summed E-state index contributed by atoms with van der Waals surface area (Å²) in [5.41, 5.74) is 14.5. The van der Waals surface area contributed by atoms with Crippen LogP contribution in [0.2, 0.25) is 0 Å². The maximum absolute atomic E-state index is 13.0. The number of unbranched alkanes of at least 4 members (excludes halogenated alkanes) is 1. The Bertz CT molecular complexity index is 2770. The van der Waals surface area contributed by atoms with Crippen molar-refractivity contribution >= 4 is 68.3 Å². The highest BCUT2D eigenvalue weighted by Crippen LogP contribution is 2.33. The molecule has 4 aromatic heterocycles. The number of ether oxygens (including phenoxy) is 2. The van der Waals surface area contributed by atoms with Crippen molar-refractivity contribution in [2.45, 2.75) is 112 Å². The molecule has 0 aliphatic heterocycles. The summed E-state index contributed by atoms with van der Waals surface area (Å²) in [6, 6.07) is 13.1. The van der Waals surface area contributed by atoms with Crippen molar-refractivity contribution in [1.82, 2.24) is 45.1 Å². The van der Waals surface area contributed by atoms with Gasteiger partial charge in [-0.15, -0.1) is 0 Å². The fraction of sp³-hybridized carbons (Fsp3) is 0.479. The second-order valence-electron chi connectivity index (χ2n) is 19.2. The van der Waals surface area contributed by atoms with Crippen LogP contribution >= 0.6 is 0 Å². The fourth-order valence-electron chi connectivity index (χ4n) is 7.57. The predicted molar refractivity (Wildman–Crippen MR) is 258 cm³/mol. The summed E-state index contributed by atoms with van der Waals surface area (Å²) in [5, 5.41) is 19.4. The number of hydrogen-bond donors (Lipinski definition) is 7. The van der Waals surface area contributed by atoms with Crippen molar-refractivity contribution in [3.63, 3.8) is 0 Å². The first kappa shape index (κ1) is 49.7. The number of nitrogen functional groups attached to an aromatic ring is 2. The summed E-state index contributed by atoms with van der Waals surface area (Å²) < 4.78 is 14.9. The Kier molecular flexibility index (Phi) is 15.8. The zero-order valence-corrected chi connectivity index (χ0v) is 39.5. The van der Waals surface area contributed by atoms with Gasteiger partial charge in [-0.1, -0.05) is 59.2 Å². The van der Waals surface area contributed by atoms with E-state index in [4.69, 9.17) is 25.9 Å². The van der Waals surface area contributed by atoms with Gasteiger partial charge >= 0.3 is 5.97 Å². The second kappa shape index (κ2) is 21.3. The number of para-hydroxylation sites is 1. The number of pyridine rings is 1. The monoisotopic (exact) mass is 921 g/mol. The second-order valence-corrected chi connectivity index (χ2v) is 19.2. The summed E-state index contributed by atoms with van der Waals surface area (Å²) >= 11 is 0. The van der Waals surface area contributed by atoms with Crippen LogP contribution in [-0.2, 0) is 38.6 Å². The van der Waals surface area contributed by atoms with Crippen LogP contribution in [0.3, 0.4) is 0 Å². The minimum atomic E-state index is -1.29. The molecule has 67 heavy (non-hydrogen) atoms. The SMILES string of the molecule is CCCCc1nc2c(N)nc3ccccc3c2n1CC(C)(C)COCC(C)(C)CCOC(C)(C)CNC(=O)CCC(NC(=O)c1ccc(NCc2cnc3nc(N)[nH]c(=O)c3n2)cc1)C(=O)O. The molecule has 0 fully saturated rings. The Morgan fingerprint density at radius 2 is 1.66 bits per heavy atom. The summed E-state index contributed by atoms with van der Waals surface area (Å²) in [6.07, 6.45) is 4.88. The normalized spacial score (nSPS) is 12.7. The Morgan fingerprint density at radius 1 is 0.925 bits per heavy atom. The van der Waals surface area contributed by atoms with Crippen LogP contribution in [0.15, 0.2) is 59.5 Å². The molecule has 0 aliphatic carbocycles. The number of amides is 2. The van der Waals surface area contributed by atoms with E-state index < -0.39 is 29.1 Å². The number of benzene rings is 2. The van der Waals surface area contributed by atoms with E-state index in [1.807, 2.05) is 32.0 Å². The maximum atomic E-state index is 13.0. The van der Waals surface area contributed by atoms with Crippen molar-refractivity contribution in [2.75, 3.05) is 43.1 Å².